The second-order valence-electron chi connectivity index (χ2n) is 5.81. The van der Waals surface area contributed by atoms with Crippen LogP contribution in [-0.2, 0) is 19.0 Å². The summed E-state index contributed by atoms with van der Waals surface area (Å²) in [5, 5.41) is 3.16. The standard InChI is InChI=1S/C15H27NO4/c1-3-19-14(17)15(16-2)7-4-13(10-15)20-11-12-5-8-18-9-6-12/h12-13,16H,3-11H2,1-2H3. The summed E-state index contributed by atoms with van der Waals surface area (Å²) in [6.45, 7) is 4.76. The summed E-state index contributed by atoms with van der Waals surface area (Å²) < 4.78 is 16.6. The van der Waals surface area contributed by atoms with Crippen molar-refractivity contribution < 1.29 is 19.0 Å². The second kappa shape index (κ2) is 7.38. The number of esters is 1. The fourth-order valence-corrected chi connectivity index (χ4v) is 3.11. The molecule has 0 bridgehead atoms. The van der Waals surface area contributed by atoms with Crippen molar-refractivity contribution in [3.63, 3.8) is 0 Å². The number of likely N-dealkylation sites (N-methyl/N-ethyl adjacent to an activating group) is 1. The molecule has 2 unspecified atom stereocenters. The number of hydrogen-bond acceptors (Lipinski definition) is 5. The molecule has 5 nitrogen and oxygen atoms in total. The lowest BCUT2D eigenvalue weighted by atomic mass is 9.98. The quantitative estimate of drug-likeness (QED) is 0.750. The van der Waals surface area contributed by atoms with Gasteiger partial charge in [-0.05, 0) is 45.6 Å². The van der Waals surface area contributed by atoms with Gasteiger partial charge in [0.05, 0.1) is 12.7 Å². The fraction of sp³-hybridized carbons (Fsp3) is 0.933. The van der Waals surface area contributed by atoms with Crippen molar-refractivity contribution in [3.05, 3.63) is 0 Å². The van der Waals surface area contributed by atoms with E-state index in [1.165, 1.54) is 0 Å². The minimum Gasteiger partial charge on any atom is -0.465 e. The zero-order valence-electron chi connectivity index (χ0n) is 12.7. The Morgan fingerprint density at radius 3 is 2.75 bits per heavy atom. The molecular weight excluding hydrogens is 258 g/mol. The lowest BCUT2D eigenvalue weighted by molar-refractivity contribution is -0.151. The van der Waals surface area contributed by atoms with E-state index in [2.05, 4.69) is 5.32 Å². The fourth-order valence-electron chi connectivity index (χ4n) is 3.11. The van der Waals surface area contributed by atoms with Crippen LogP contribution in [0.25, 0.3) is 0 Å². The van der Waals surface area contributed by atoms with Crippen LogP contribution in [0.1, 0.15) is 39.0 Å². The van der Waals surface area contributed by atoms with Crippen LogP contribution < -0.4 is 5.32 Å². The van der Waals surface area contributed by atoms with Crippen molar-refractivity contribution in [2.24, 2.45) is 5.92 Å². The molecule has 2 rings (SSSR count). The lowest BCUT2D eigenvalue weighted by Gasteiger charge is -2.27. The predicted molar refractivity (Wildman–Crippen MR) is 75.6 cm³/mol. The molecule has 0 aromatic rings. The molecule has 0 aromatic carbocycles. The van der Waals surface area contributed by atoms with Gasteiger partial charge in [-0.25, -0.2) is 0 Å². The molecule has 1 saturated heterocycles. The highest BCUT2D eigenvalue weighted by atomic mass is 16.5. The number of carbonyl (C=O) groups excluding carboxylic acids is 1. The maximum Gasteiger partial charge on any atom is 0.326 e. The van der Waals surface area contributed by atoms with Crippen LogP contribution in [0, 0.1) is 5.92 Å². The van der Waals surface area contributed by atoms with Crippen molar-refractivity contribution in [1.82, 2.24) is 5.32 Å². The first kappa shape index (κ1) is 15.7. The zero-order valence-corrected chi connectivity index (χ0v) is 12.7. The first-order chi connectivity index (χ1) is 9.70. The molecule has 20 heavy (non-hydrogen) atoms. The third kappa shape index (κ3) is 3.71. The van der Waals surface area contributed by atoms with Gasteiger partial charge in [0.1, 0.15) is 5.54 Å². The monoisotopic (exact) mass is 285 g/mol. The van der Waals surface area contributed by atoms with Crippen molar-refractivity contribution in [3.8, 4) is 0 Å². The van der Waals surface area contributed by atoms with Crippen LogP contribution in [0.3, 0.4) is 0 Å². The summed E-state index contributed by atoms with van der Waals surface area (Å²) in [7, 11) is 1.83. The Balaban J connectivity index is 1.79. The van der Waals surface area contributed by atoms with Gasteiger partial charge in [0.15, 0.2) is 0 Å². The molecule has 0 spiro atoms. The molecule has 116 valence electrons. The Labute approximate surface area is 121 Å². The summed E-state index contributed by atoms with van der Waals surface area (Å²) in [4.78, 5) is 12.1. The number of ether oxygens (including phenoxy) is 3. The van der Waals surface area contributed by atoms with Gasteiger partial charge in [0.25, 0.3) is 0 Å². The van der Waals surface area contributed by atoms with E-state index in [1.54, 1.807) is 0 Å². The molecule has 1 aliphatic heterocycles. The minimum atomic E-state index is -0.545. The summed E-state index contributed by atoms with van der Waals surface area (Å²) in [6, 6.07) is 0. The summed E-state index contributed by atoms with van der Waals surface area (Å²) in [5.41, 5.74) is -0.545. The highest BCUT2D eigenvalue weighted by Crippen LogP contribution is 2.33. The topological polar surface area (TPSA) is 56.8 Å². The molecule has 2 atom stereocenters. The van der Waals surface area contributed by atoms with Crippen LogP contribution >= 0.6 is 0 Å². The van der Waals surface area contributed by atoms with Crippen molar-refractivity contribution in [2.45, 2.75) is 50.7 Å². The first-order valence-electron chi connectivity index (χ1n) is 7.75. The molecule has 5 heteroatoms. The summed E-state index contributed by atoms with van der Waals surface area (Å²) >= 11 is 0. The number of nitrogens with one attached hydrogen (secondary N) is 1. The Hall–Kier alpha value is -0.650. The van der Waals surface area contributed by atoms with Gasteiger partial charge in [-0.1, -0.05) is 0 Å². The van der Waals surface area contributed by atoms with Crippen LogP contribution in [0.5, 0.6) is 0 Å². The molecule has 2 aliphatic rings. The van der Waals surface area contributed by atoms with Gasteiger partial charge in [0.2, 0.25) is 0 Å². The minimum absolute atomic E-state index is 0.139. The molecule has 1 heterocycles. The van der Waals surface area contributed by atoms with Gasteiger partial charge in [0, 0.05) is 26.2 Å². The van der Waals surface area contributed by atoms with E-state index < -0.39 is 5.54 Å². The van der Waals surface area contributed by atoms with E-state index in [4.69, 9.17) is 14.2 Å². The van der Waals surface area contributed by atoms with Crippen LogP contribution in [0.2, 0.25) is 0 Å². The molecule has 0 aromatic heterocycles. The van der Waals surface area contributed by atoms with E-state index in [9.17, 15) is 4.79 Å². The SMILES string of the molecule is CCOC(=O)C1(NC)CCC(OCC2CCOCC2)C1. The summed E-state index contributed by atoms with van der Waals surface area (Å²) in [5.74, 6) is 0.468. The van der Waals surface area contributed by atoms with Gasteiger partial charge < -0.3 is 19.5 Å². The normalized spacial score (nSPS) is 31.4. The van der Waals surface area contributed by atoms with E-state index >= 15 is 0 Å². The average molecular weight is 285 g/mol. The van der Waals surface area contributed by atoms with Gasteiger partial charge in [-0.3, -0.25) is 4.79 Å². The number of hydrogen-bond donors (Lipinski definition) is 1. The highest BCUT2D eigenvalue weighted by molar-refractivity contribution is 5.81. The highest BCUT2D eigenvalue weighted by Gasteiger charge is 2.45. The van der Waals surface area contributed by atoms with Crippen molar-refractivity contribution in [2.75, 3.05) is 33.5 Å². The molecular formula is C15H27NO4. The molecule has 1 aliphatic carbocycles. The van der Waals surface area contributed by atoms with Gasteiger partial charge in [-0.15, -0.1) is 0 Å². The maximum absolute atomic E-state index is 12.1. The lowest BCUT2D eigenvalue weighted by Crippen LogP contribution is -2.49. The van der Waals surface area contributed by atoms with Gasteiger partial charge >= 0.3 is 5.97 Å². The Kier molecular flexibility index (Phi) is 5.81. The van der Waals surface area contributed by atoms with E-state index in [0.29, 0.717) is 18.9 Å². The van der Waals surface area contributed by atoms with Crippen molar-refractivity contribution >= 4 is 5.97 Å². The van der Waals surface area contributed by atoms with E-state index in [1.807, 2.05) is 14.0 Å². The first-order valence-corrected chi connectivity index (χ1v) is 7.75. The van der Waals surface area contributed by atoms with E-state index in [0.717, 1.165) is 45.5 Å². The Bertz CT molecular complexity index is 317. The smallest absolute Gasteiger partial charge is 0.326 e. The number of carbonyl (C=O) groups is 1. The molecule has 0 radical (unpaired) electrons. The Morgan fingerprint density at radius 2 is 2.10 bits per heavy atom. The number of rotatable bonds is 6. The molecule has 2 fully saturated rings. The average Bonchev–Trinajstić information content (AvgIpc) is 2.91. The molecule has 0 amide bonds. The predicted octanol–water partition coefficient (Wildman–Crippen LogP) is 1.50. The summed E-state index contributed by atoms with van der Waals surface area (Å²) in [6.07, 6.45) is 4.76. The third-order valence-electron chi connectivity index (χ3n) is 4.52. The maximum atomic E-state index is 12.1. The Morgan fingerprint density at radius 1 is 1.35 bits per heavy atom. The van der Waals surface area contributed by atoms with E-state index in [-0.39, 0.29) is 12.1 Å². The second-order valence-corrected chi connectivity index (χ2v) is 5.81. The zero-order chi connectivity index (χ0) is 14.4. The molecule has 1 saturated carbocycles. The van der Waals surface area contributed by atoms with Crippen molar-refractivity contribution in [1.29, 1.82) is 0 Å². The van der Waals surface area contributed by atoms with Gasteiger partial charge in [-0.2, -0.15) is 0 Å². The third-order valence-corrected chi connectivity index (χ3v) is 4.52. The molecule has 1 N–H and O–H groups in total. The van der Waals surface area contributed by atoms with Crippen LogP contribution in [0.4, 0.5) is 0 Å². The van der Waals surface area contributed by atoms with Crippen LogP contribution in [-0.4, -0.2) is 51.1 Å². The largest absolute Gasteiger partial charge is 0.465 e. The van der Waals surface area contributed by atoms with Crippen LogP contribution in [0.15, 0.2) is 0 Å².